The molecule has 0 aliphatic carbocycles. The molecule has 0 amide bonds. The zero-order chi connectivity index (χ0) is 8.97. The Kier molecular flexibility index (Phi) is 2.75. The van der Waals surface area contributed by atoms with Crippen molar-refractivity contribution in [3.05, 3.63) is 42.2 Å². The van der Waals surface area contributed by atoms with Crippen LogP contribution in [0.15, 0.2) is 30.8 Å². The van der Waals surface area contributed by atoms with Crippen LogP contribution < -0.4 is 0 Å². The molecular formula is C10H9FO. The first-order valence-electron chi connectivity index (χ1n) is 3.61. The van der Waals surface area contributed by atoms with Gasteiger partial charge in [-0.2, -0.15) is 0 Å². The number of hydrogen-bond acceptors (Lipinski definition) is 1. The Morgan fingerprint density at radius 2 is 2.00 bits per heavy atom. The molecule has 0 radical (unpaired) electrons. The maximum Gasteiger partial charge on any atom is 0.124 e. The summed E-state index contributed by atoms with van der Waals surface area (Å²) in [4.78, 5) is 10.1. The summed E-state index contributed by atoms with van der Waals surface area (Å²) >= 11 is 0. The number of carbonyl (C=O) groups excluding carboxylic acids is 1. The summed E-state index contributed by atoms with van der Waals surface area (Å²) in [6, 6.07) is 5.93. The number of carbonyl (C=O) groups is 1. The van der Waals surface area contributed by atoms with Crippen LogP contribution in [0, 0.1) is 5.82 Å². The lowest BCUT2D eigenvalue weighted by Gasteiger charge is -2.00. The van der Waals surface area contributed by atoms with E-state index in [0.717, 1.165) is 11.8 Å². The highest BCUT2D eigenvalue weighted by Crippen LogP contribution is 2.14. The Morgan fingerprint density at radius 1 is 1.42 bits per heavy atom. The molecule has 0 heterocycles. The van der Waals surface area contributed by atoms with E-state index in [9.17, 15) is 9.18 Å². The van der Waals surface area contributed by atoms with Crippen molar-refractivity contribution in [2.24, 2.45) is 0 Å². The summed E-state index contributed by atoms with van der Waals surface area (Å²) in [7, 11) is 0. The standard InChI is InChI=1S/C10H9FO/c1-8(6-7-12)9-2-4-10(11)5-3-9/h2-5,7H,1,6H2. The van der Waals surface area contributed by atoms with Gasteiger partial charge in [0.1, 0.15) is 12.1 Å². The SMILES string of the molecule is C=C(CC=O)c1ccc(F)cc1. The Hall–Kier alpha value is -1.44. The van der Waals surface area contributed by atoms with Crippen molar-refractivity contribution in [1.29, 1.82) is 0 Å². The van der Waals surface area contributed by atoms with E-state index >= 15 is 0 Å². The molecule has 62 valence electrons. The lowest BCUT2D eigenvalue weighted by atomic mass is 10.1. The summed E-state index contributed by atoms with van der Waals surface area (Å²) in [5.41, 5.74) is 1.52. The minimum atomic E-state index is -0.280. The van der Waals surface area contributed by atoms with Gasteiger partial charge in [0.2, 0.25) is 0 Å². The normalized spacial score (nSPS) is 9.42. The molecule has 0 aliphatic rings. The third kappa shape index (κ3) is 2.02. The van der Waals surface area contributed by atoms with Crippen LogP contribution in [0.4, 0.5) is 4.39 Å². The van der Waals surface area contributed by atoms with Crippen LogP contribution in [0.2, 0.25) is 0 Å². The third-order valence-electron chi connectivity index (χ3n) is 1.58. The topological polar surface area (TPSA) is 17.1 Å². The number of allylic oxidation sites excluding steroid dienone is 1. The van der Waals surface area contributed by atoms with Crippen LogP contribution in [0.3, 0.4) is 0 Å². The average Bonchev–Trinajstić information content (AvgIpc) is 2.06. The number of benzene rings is 1. The van der Waals surface area contributed by atoms with E-state index < -0.39 is 0 Å². The van der Waals surface area contributed by atoms with Crippen molar-refractivity contribution in [3.63, 3.8) is 0 Å². The Bertz CT molecular complexity index is 287. The quantitative estimate of drug-likeness (QED) is 0.627. The van der Waals surface area contributed by atoms with Crippen molar-refractivity contribution in [2.75, 3.05) is 0 Å². The van der Waals surface area contributed by atoms with E-state index in [4.69, 9.17) is 0 Å². The average molecular weight is 164 g/mol. The molecule has 0 saturated heterocycles. The smallest absolute Gasteiger partial charge is 0.124 e. The van der Waals surface area contributed by atoms with Crippen LogP contribution in [0.25, 0.3) is 5.57 Å². The van der Waals surface area contributed by atoms with E-state index in [0.29, 0.717) is 12.0 Å². The van der Waals surface area contributed by atoms with Gasteiger partial charge < -0.3 is 4.79 Å². The molecule has 0 unspecified atom stereocenters. The highest BCUT2D eigenvalue weighted by atomic mass is 19.1. The second-order valence-electron chi connectivity index (χ2n) is 2.48. The second kappa shape index (κ2) is 3.81. The maximum absolute atomic E-state index is 12.4. The number of aldehydes is 1. The molecule has 12 heavy (non-hydrogen) atoms. The van der Waals surface area contributed by atoms with E-state index in [2.05, 4.69) is 6.58 Å². The number of hydrogen-bond donors (Lipinski definition) is 0. The van der Waals surface area contributed by atoms with Crippen LogP contribution in [-0.4, -0.2) is 6.29 Å². The summed E-state index contributed by atoms with van der Waals surface area (Å²) in [6.45, 7) is 3.69. The molecule has 0 N–H and O–H groups in total. The fourth-order valence-electron chi connectivity index (χ4n) is 0.904. The molecule has 0 aromatic heterocycles. The highest BCUT2D eigenvalue weighted by molar-refractivity contribution is 5.75. The minimum absolute atomic E-state index is 0.280. The first kappa shape index (κ1) is 8.65. The van der Waals surface area contributed by atoms with Crippen molar-refractivity contribution in [2.45, 2.75) is 6.42 Å². The van der Waals surface area contributed by atoms with Crippen molar-refractivity contribution in [3.8, 4) is 0 Å². The van der Waals surface area contributed by atoms with Gasteiger partial charge in [0.15, 0.2) is 0 Å². The van der Waals surface area contributed by atoms with Crippen molar-refractivity contribution in [1.82, 2.24) is 0 Å². The molecule has 0 bridgehead atoms. The summed E-state index contributed by atoms with van der Waals surface area (Å²) in [5.74, 6) is -0.280. The van der Waals surface area contributed by atoms with E-state index in [1.807, 2.05) is 0 Å². The molecule has 0 atom stereocenters. The molecule has 0 aliphatic heterocycles. The van der Waals surface area contributed by atoms with E-state index in [-0.39, 0.29) is 5.82 Å². The second-order valence-corrected chi connectivity index (χ2v) is 2.48. The summed E-state index contributed by atoms with van der Waals surface area (Å²) in [5, 5.41) is 0. The number of halogens is 1. The molecule has 0 saturated carbocycles. The van der Waals surface area contributed by atoms with Crippen molar-refractivity contribution < 1.29 is 9.18 Å². The molecular weight excluding hydrogens is 155 g/mol. The molecule has 0 fully saturated rings. The lowest BCUT2D eigenvalue weighted by molar-refractivity contribution is -0.107. The third-order valence-corrected chi connectivity index (χ3v) is 1.58. The predicted octanol–water partition coefficient (Wildman–Crippen LogP) is 2.43. The Morgan fingerprint density at radius 3 is 2.50 bits per heavy atom. The van der Waals surface area contributed by atoms with Crippen molar-refractivity contribution >= 4 is 11.9 Å². The summed E-state index contributed by atoms with van der Waals surface area (Å²) in [6.07, 6.45) is 1.08. The molecule has 2 heteroatoms. The van der Waals surface area contributed by atoms with Gasteiger partial charge in [0, 0.05) is 6.42 Å². The van der Waals surface area contributed by atoms with Gasteiger partial charge in [0.05, 0.1) is 0 Å². The lowest BCUT2D eigenvalue weighted by Crippen LogP contribution is -1.84. The van der Waals surface area contributed by atoms with Gasteiger partial charge in [-0.25, -0.2) is 4.39 Å². The van der Waals surface area contributed by atoms with Crippen LogP contribution >= 0.6 is 0 Å². The molecule has 1 nitrogen and oxygen atoms in total. The fourth-order valence-corrected chi connectivity index (χ4v) is 0.904. The zero-order valence-corrected chi connectivity index (χ0v) is 6.59. The largest absolute Gasteiger partial charge is 0.303 e. The maximum atomic E-state index is 12.4. The van der Waals surface area contributed by atoms with Crippen LogP contribution in [0.1, 0.15) is 12.0 Å². The molecule has 1 rings (SSSR count). The Balaban J connectivity index is 2.82. The Labute approximate surface area is 70.5 Å². The highest BCUT2D eigenvalue weighted by Gasteiger charge is 1.97. The van der Waals surface area contributed by atoms with Gasteiger partial charge in [-0.3, -0.25) is 0 Å². The monoisotopic (exact) mass is 164 g/mol. The molecule has 1 aromatic carbocycles. The number of rotatable bonds is 3. The zero-order valence-electron chi connectivity index (χ0n) is 6.59. The van der Waals surface area contributed by atoms with Gasteiger partial charge in [-0.1, -0.05) is 18.7 Å². The van der Waals surface area contributed by atoms with Gasteiger partial charge in [0.25, 0.3) is 0 Å². The first-order valence-corrected chi connectivity index (χ1v) is 3.61. The minimum Gasteiger partial charge on any atom is -0.303 e. The van der Waals surface area contributed by atoms with Gasteiger partial charge in [-0.05, 0) is 23.3 Å². The van der Waals surface area contributed by atoms with Gasteiger partial charge >= 0.3 is 0 Å². The van der Waals surface area contributed by atoms with Crippen LogP contribution in [-0.2, 0) is 4.79 Å². The molecule has 0 spiro atoms. The summed E-state index contributed by atoms with van der Waals surface area (Å²) < 4.78 is 12.4. The molecule has 1 aromatic rings. The van der Waals surface area contributed by atoms with Gasteiger partial charge in [-0.15, -0.1) is 0 Å². The predicted molar refractivity (Wildman–Crippen MR) is 46.1 cm³/mol. The van der Waals surface area contributed by atoms with Crippen LogP contribution in [0.5, 0.6) is 0 Å². The van der Waals surface area contributed by atoms with E-state index in [1.54, 1.807) is 12.1 Å². The first-order chi connectivity index (χ1) is 5.74. The van der Waals surface area contributed by atoms with E-state index in [1.165, 1.54) is 12.1 Å². The fraction of sp³-hybridized carbons (Fsp3) is 0.100.